The highest BCUT2D eigenvalue weighted by atomic mass is 16.6. The maximum absolute atomic E-state index is 12.2. The first-order chi connectivity index (χ1) is 13.4. The van der Waals surface area contributed by atoms with Crippen molar-refractivity contribution in [1.82, 2.24) is 0 Å². The first-order valence-corrected chi connectivity index (χ1v) is 11.3. The molecule has 0 aliphatic rings. The van der Waals surface area contributed by atoms with Crippen molar-refractivity contribution in [3.05, 3.63) is 35.4 Å². The standard InChI is InChI=1S/C25H40O3/c1-5-6-7-8-9-10-11-12-13-14-24(26)28-25(27)21(4)23-17-15-22(16-18-23)19-20(2)3/h15-18,20-21H,5-14,19H2,1-4H3. The second kappa shape index (κ2) is 14.4. The highest BCUT2D eigenvalue weighted by Gasteiger charge is 2.20. The van der Waals surface area contributed by atoms with Crippen LogP contribution >= 0.6 is 0 Å². The number of esters is 2. The molecule has 1 unspecified atom stereocenters. The summed E-state index contributed by atoms with van der Waals surface area (Å²) >= 11 is 0. The summed E-state index contributed by atoms with van der Waals surface area (Å²) in [6, 6.07) is 8.05. The molecule has 0 fully saturated rings. The van der Waals surface area contributed by atoms with Gasteiger partial charge in [-0.15, -0.1) is 0 Å². The summed E-state index contributed by atoms with van der Waals surface area (Å²) in [5.41, 5.74) is 2.16. The Kier molecular flexibility index (Phi) is 12.5. The van der Waals surface area contributed by atoms with E-state index in [4.69, 9.17) is 4.74 Å². The van der Waals surface area contributed by atoms with Gasteiger partial charge < -0.3 is 4.74 Å². The molecule has 0 radical (unpaired) electrons. The van der Waals surface area contributed by atoms with Gasteiger partial charge in [-0.25, -0.2) is 0 Å². The van der Waals surface area contributed by atoms with E-state index in [1.165, 1.54) is 44.1 Å². The molecule has 0 aliphatic carbocycles. The molecule has 1 atom stereocenters. The third-order valence-corrected chi connectivity index (χ3v) is 5.18. The SMILES string of the molecule is CCCCCCCCCCCC(=O)OC(=O)C(C)c1ccc(CC(C)C)cc1. The molecule has 1 aromatic carbocycles. The largest absolute Gasteiger partial charge is 0.393 e. The van der Waals surface area contributed by atoms with E-state index < -0.39 is 17.9 Å². The molecule has 0 bridgehead atoms. The molecular weight excluding hydrogens is 348 g/mol. The third kappa shape index (κ3) is 10.6. The van der Waals surface area contributed by atoms with Gasteiger partial charge >= 0.3 is 11.9 Å². The van der Waals surface area contributed by atoms with Crippen LogP contribution in [0.25, 0.3) is 0 Å². The summed E-state index contributed by atoms with van der Waals surface area (Å²) in [7, 11) is 0. The van der Waals surface area contributed by atoms with Gasteiger partial charge in [0.15, 0.2) is 0 Å². The summed E-state index contributed by atoms with van der Waals surface area (Å²) in [6.45, 7) is 8.40. The molecule has 0 amide bonds. The van der Waals surface area contributed by atoms with Gasteiger partial charge in [0.25, 0.3) is 0 Å². The fourth-order valence-electron chi connectivity index (χ4n) is 3.38. The first-order valence-electron chi connectivity index (χ1n) is 11.3. The molecule has 0 aliphatic heterocycles. The average molecular weight is 389 g/mol. The number of hydrogen-bond acceptors (Lipinski definition) is 3. The van der Waals surface area contributed by atoms with E-state index in [0.717, 1.165) is 31.2 Å². The van der Waals surface area contributed by atoms with Gasteiger partial charge in [-0.3, -0.25) is 9.59 Å². The van der Waals surface area contributed by atoms with Crippen LogP contribution in [0.15, 0.2) is 24.3 Å². The Morgan fingerprint density at radius 2 is 1.36 bits per heavy atom. The lowest BCUT2D eigenvalue weighted by molar-refractivity contribution is -0.160. The number of rotatable bonds is 14. The summed E-state index contributed by atoms with van der Waals surface area (Å²) in [5.74, 6) is -0.652. The normalized spacial score (nSPS) is 12.2. The van der Waals surface area contributed by atoms with Crippen LogP contribution in [-0.2, 0) is 20.7 Å². The van der Waals surface area contributed by atoms with E-state index in [-0.39, 0.29) is 0 Å². The highest BCUT2D eigenvalue weighted by Crippen LogP contribution is 2.19. The molecule has 0 N–H and O–H groups in total. The lowest BCUT2D eigenvalue weighted by Gasteiger charge is -2.12. The lowest BCUT2D eigenvalue weighted by atomic mass is 9.97. The Hall–Kier alpha value is -1.64. The van der Waals surface area contributed by atoms with Crippen LogP contribution in [0.2, 0.25) is 0 Å². The minimum Gasteiger partial charge on any atom is -0.393 e. The van der Waals surface area contributed by atoms with E-state index in [1.54, 1.807) is 6.92 Å². The van der Waals surface area contributed by atoms with Crippen LogP contribution < -0.4 is 0 Å². The van der Waals surface area contributed by atoms with E-state index in [9.17, 15) is 9.59 Å². The Morgan fingerprint density at radius 3 is 1.89 bits per heavy atom. The van der Waals surface area contributed by atoms with Crippen LogP contribution in [-0.4, -0.2) is 11.9 Å². The van der Waals surface area contributed by atoms with Crippen LogP contribution in [0.3, 0.4) is 0 Å². The molecule has 0 aromatic heterocycles. The highest BCUT2D eigenvalue weighted by molar-refractivity contribution is 5.89. The van der Waals surface area contributed by atoms with Gasteiger partial charge in [-0.2, -0.15) is 0 Å². The zero-order chi connectivity index (χ0) is 20.8. The Bertz CT molecular complexity index is 560. The molecule has 1 rings (SSSR count). The first kappa shape index (κ1) is 24.4. The maximum atomic E-state index is 12.2. The van der Waals surface area contributed by atoms with Crippen LogP contribution in [0.1, 0.15) is 109 Å². The van der Waals surface area contributed by atoms with Crippen LogP contribution in [0.4, 0.5) is 0 Å². The number of hydrogen-bond donors (Lipinski definition) is 0. The van der Waals surface area contributed by atoms with Crippen molar-refractivity contribution in [1.29, 1.82) is 0 Å². The number of carbonyl (C=O) groups excluding carboxylic acids is 2. The number of unbranched alkanes of at least 4 members (excludes halogenated alkanes) is 8. The van der Waals surface area contributed by atoms with Crippen molar-refractivity contribution >= 4 is 11.9 Å². The second-order valence-electron chi connectivity index (χ2n) is 8.43. The molecule has 0 spiro atoms. The van der Waals surface area contributed by atoms with Crippen molar-refractivity contribution in [2.75, 3.05) is 0 Å². The quantitative estimate of drug-likeness (QED) is 0.196. The summed E-state index contributed by atoms with van der Waals surface area (Å²) in [4.78, 5) is 24.2. The predicted molar refractivity (Wildman–Crippen MR) is 116 cm³/mol. The summed E-state index contributed by atoms with van der Waals surface area (Å²) in [6.07, 6.45) is 12.2. The van der Waals surface area contributed by atoms with Gasteiger partial charge in [-0.05, 0) is 36.8 Å². The molecule has 28 heavy (non-hydrogen) atoms. The van der Waals surface area contributed by atoms with Gasteiger partial charge in [0, 0.05) is 6.42 Å². The summed E-state index contributed by atoms with van der Waals surface area (Å²) in [5, 5.41) is 0. The fraction of sp³-hybridized carbons (Fsp3) is 0.680. The Balaban J connectivity index is 2.22. The fourth-order valence-corrected chi connectivity index (χ4v) is 3.38. The van der Waals surface area contributed by atoms with E-state index >= 15 is 0 Å². The molecular formula is C25H40O3. The van der Waals surface area contributed by atoms with E-state index in [2.05, 4.69) is 32.9 Å². The van der Waals surface area contributed by atoms with Crippen LogP contribution in [0.5, 0.6) is 0 Å². The second-order valence-corrected chi connectivity index (χ2v) is 8.43. The molecule has 0 saturated heterocycles. The molecule has 3 heteroatoms. The molecule has 158 valence electrons. The molecule has 0 saturated carbocycles. The maximum Gasteiger partial charge on any atom is 0.320 e. The minimum absolute atomic E-state index is 0.335. The average Bonchev–Trinajstić information content (AvgIpc) is 2.66. The van der Waals surface area contributed by atoms with Gasteiger partial charge in [0.05, 0.1) is 5.92 Å². The lowest BCUT2D eigenvalue weighted by Crippen LogP contribution is -2.18. The van der Waals surface area contributed by atoms with Crippen LogP contribution in [0, 0.1) is 5.92 Å². The smallest absolute Gasteiger partial charge is 0.320 e. The minimum atomic E-state index is -0.447. The number of carbonyl (C=O) groups is 2. The third-order valence-electron chi connectivity index (χ3n) is 5.18. The van der Waals surface area contributed by atoms with E-state index in [1.807, 2.05) is 12.1 Å². The number of ether oxygens (including phenoxy) is 1. The summed E-state index contributed by atoms with van der Waals surface area (Å²) < 4.78 is 5.06. The topological polar surface area (TPSA) is 43.4 Å². The van der Waals surface area contributed by atoms with Crippen molar-refractivity contribution < 1.29 is 14.3 Å². The van der Waals surface area contributed by atoms with E-state index in [0.29, 0.717) is 12.3 Å². The monoisotopic (exact) mass is 388 g/mol. The molecule has 0 heterocycles. The predicted octanol–water partition coefficient (Wildman–Crippen LogP) is 6.98. The Morgan fingerprint density at radius 1 is 0.821 bits per heavy atom. The van der Waals surface area contributed by atoms with Crippen molar-refractivity contribution in [3.8, 4) is 0 Å². The van der Waals surface area contributed by atoms with Gasteiger partial charge in [-0.1, -0.05) is 96.4 Å². The Labute approximate surface area is 172 Å². The van der Waals surface area contributed by atoms with Gasteiger partial charge in [0.1, 0.15) is 0 Å². The van der Waals surface area contributed by atoms with Gasteiger partial charge in [0.2, 0.25) is 0 Å². The number of benzene rings is 1. The zero-order valence-electron chi connectivity index (χ0n) is 18.5. The van der Waals surface area contributed by atoms with Crippen molar-refractivity contribution in [3.63, 3.8) is 0 Å². The van der Waals surface area contributed by atoms with Crippen molar-refractivity contribution in [2.24, 2.45) is 5.92 Å². The molecule has 3 nitrogen and oxygen atoms in total. The van der Waals surface area contributed by atoms with Crippen molar-refractivity contribution in [2.45, 2.75) is 104 Å². The molecule has 1 aromatic rings. The zero-order valence-corrected chi connectivity index (χ0v) is 18.5.